The van der Waals surface area contributed by atoms with Crippen molar-refractivity contribution in [3.05, 3.63) is 73.8 Å². The molecule has 3 aromatic rings. The Morgan fingerprint density at radius 1 is 1.19 bits per heavy atom. The van der Waals surface area contributed by atoms with E-state index in [1.54, 1.807) is 18.2 Å². The van der Waals surface area contributed by atoms with Crippen LogP contribution in [0.15, 0.2) is 39.5 Å². The van der Waals surface area contributed by atoms with E-state index >= 15 is 0 Å². The molecule has 0 radical (unpaired) electrons. The van der Waals surface area contributed by atoms with E-state index in [-0.39, 0.29) is 22.2 Å². The highest BCUT2D eigenvalue weighted by molar-refractivity contribution is 6.33. The van der Waals surface area contributed by atoms with Gasteiger partial charge in [-0.2, -0.15) is 0 Å². The second-order valence-corrected chi connectivity index (χ2v) is 7.31. The summed E-state index contributed by atoms with van der Waals surface area (Å²) in [6, 6.07) is 8.00. The minimum atomic E-state index is -0.343. The molecule has 4 nitrogen and oxygen atoms in total. The highest BCUT2D eigenvalue weighted by atomic mass is 35.5. The molecule has 27 heavy (non-hydrogen) atoms. The van der Waals surface area contributed by atoms with E-state index in [4.69, 9.17) is 16.0 Å². The number of benzene rings is 2. The Kier molecular flexibility index (Phi) is 4.89. The molecule has 1 aromatic heterocycles. The van der Waals surface area contributed by atoms with Crippen molar-refractivity contribution in [2.45, 2.75) is 32.2 Å². The third-order valence-electron chi connectivity index (χ3n) is 5.16. The van der Waals surface area contributed by atoms with Crippen LogP contribution in [0.2, 0.25) is 5.02 Å². The summed E-state index contributed by atoms with van der Waals surface area (Å²) in [6.45, 7) is 1.09. The van der Waals surface area contributed by atoms with E-state index in [1.165, 1.54) is 12.1 Å². The topological polar surface area (TPSA) is 69.9 Å². The van der Waals surface area contributed by atoms with Crippen LogP contribution in [0.3, 0.4) is 0 Å². The van der Waals surface area contributed by atoms with Crippen molar-refractivity contribution < 1.29 is 19.2 Å². The first-order valence-corrected chi connectivity index (χ1v) is 9.45. The molecule has 0 bridgehead atoms. The van der Waals surface area contributed by atoms with Gasteiger partial charge >= 0.3 is 5.63 Å². The van der Waals surface area contributed by atoms with Gasteiger partial charge < -0.3 is 14.8 Å². The number of halogens is 2. The number of hydrogen-bond donors (Lipinski definition) is 1. The average Bonchev–Trinajstić information content (AvgIpc) is 3.15. The molecule has 0 amide bonds. The van der Waals surface area contributed by atoms with Crippen molar-refractivity contribution in [2.75, 3.05) is 6.54 Å². The molecule has 0 saturated carbocycles. The number of rotatable bonds is 5. The lowest BCUT2D eigenvalue weighted by atomic mass is 10.0. The molecule has 0 unspecified atom stereocenters. The molecular formula is C21H19ClFNO3. The van der Waals surface area contributed by atoms with Crippen LogP contribution in [0.5, 0.6) is 5.75 Å². The van der Waals surface area contributed by atoms with Crippen LogP contribution in [0, 0.1) is 5.82 Å². The molecule has 140 valence electrons. The third kappa shape index (κ3) is 3.45. The maximum atomic E-state index is 13.0. The second-order valence-electron chi connectivity index (χ2n) is 6.90. The normalized spacial score (nSPS) is 13.3. The van der Waals surface area contributed by atoms with Gasteiger partial charge in [-0.15, -0.1) is 0 Å². The van der Waals surface area contributed by atoms with Gasteiger partial charge in [-0.05, 0) is 48.6 Å². The van der Waals surface area contributed by atoms with Crippen LogP contribution >= 0.6 is 11.6 Å². The number of hydrogen-bond acceptors (Lipinski definition) is 3. The molecular weight excluding hydrogens is 369 g/mol. The molecule has 2 aromatic carbocycles. The van der Waals surface area contributed by atoms with E-state index in [1.807, 2.05) is 5.32 Å². The van der Waals surface area contributed by atoms with Gasteiger partial charge in [0.05, 0.1) is 6.54 Å². The third-order valence-corrected chi connectivity index (χ3v) is 5.44. The lowest BCUT2D eigenvalue weighted by molar-refractivity contribution is -0.670. The zero-order chi connectivity index (χ0) is 19.0. The molecule has 2 N–H and O–H groups in total. The van der Waals surface area contributed by atoms with Crippen LogP contribution in [-0.2, 0) is 25.8 Å². The van der Waals surface area contributed by atoms with E-state index in [2.05, 4.69) is 0 Å². The van der Waals surface area contributed by atoms with Gasteiger partial charge in [0.25, 0.3) is 0 Å². The van der Waals surface area contributed by atoms with Crippen molar-refractivity contribution in [2.24, 2.45) is 0 Å². The van der Waals surface area contributed by atoms with Gasteiger partial charge in [0.1, 0.15) is 17.9 Å². The van der Waals surface area contributed by atoms with Crippen LogP contribution in [0.4, 0.5) is 4.39 Å². The average molecular weight is 388 g/mol. The summed E-state index contributed by atoms with van der Waals surface area (Å²) >= 11 is 6.18. The Balaban J connectivity index is 1.59. The maximum Gasteiger partial charge on any atom is 0.339 e. The summed E-state index contributed by atoms with van der Waals surface area (Å²) in [5.74, 6) is -0.546. The van der Waals surface area contributed by atoms with Crippen LogP contribution in [-0.4, -0.2) is 6.54 Å². The van der Waals surface area contributed by atoms with Gasteiger partial charge in [0, 0.05) is 28.0 Å². The van der Waals surface area contributed by atoms with E-state index in [9.17, 15) is 14.3 Å². The first-order valence-electron chi connectivity index (χ1n) is 9.07. The molecule has 0 fully saturated rings. The van der Waals surface area contributed by atoms with E-state index in [0.29, 0.717) is 36.2 Å². The van der Waals surface area contributed by atoms with Crippen LogP contribution < -0.4 is 16.0 Å². The maximum absolute atomic E-state index is 13.0. The van der Waals surface area contributed by atoms with Gasteiger partial charge in [-0.25, -0.2) is 9.18 Å². The Labute approximate surface area is 160 Å². The number of fused-ring (bicyclic) bond motifs is 3. The lowest BCUT2D eigenvalue weighted by Gasteiger charge is -2.17. The Morgan fingerprint density at radius 3 is 2.70 bits per heavy atom. The molecule has 0 saturated heterocycles. The summed E-state index contributed by atoms with van der Waals surface area (Å²) in [5.41, 5.74) is 3.16. The zero-order valence-corrected chi connectivity index (χ0v) is 15.4. The monoisotopic (exact) mass is 387 g/mol. The fourth-order valence-corrected chi connectivity index (χ4v) is 4.00. The van der Waals surface area contributed by atoms with Crippen molar-refractivity contribution in [1.82, 2.24) is 0 Å². The molecule has 1 aliphatic rings. The minimum absolute atomic E-state index is 0.160. The highest BCUT2D eigenvalue weighted by Crippen LogP contribution is 2.36. The molecule has 4 rings (SSSR count). The van der Waals surface area contributed by atoms with Crippen LogP contribution in [0.1, 0.15) is 28.7 Å². The Morgan fingerprint density at radius 2 is 1.93 bits per heavy atom. The SMILES string of the molecule is O=c1oc2c(C[NH2+]CCc3ccc(F)cc3)c([O-])c(Cl)cc2c2c1CCC2. The minimum Gasteiger partial charge on any atom is -0.871 e. The predicted molar refractivity (Wildman–Crippen MR) is 99.6 cm³/mol. The number of aryl methyl sites for hydroxylation is 1. The summed E-state index contributed by atoms with van der Waals surface area (Å²) in [5, 5.41) is 15.5. The van der Waals surface area contributed by atoms with Gasteiger partial charge in [0.15, 0.2) is 0 Å². The molecule has 1 heterocycles. The standard InChI is InChI=1S/C21H19ClFNO3/c22-18-10-16-14-2-1-3-15(14)21(26)27-20(16)17(19(18)25)11-24-9-8-12-4-6-13(23)7-5-12/h4-7,10,24-25H,1-3,8-9,11H2. The van der Waals surface area contributed by atoms with E-state index < -0.39 is 0 Å². The van der Waals surface area contributed by atoms with Gasteiger partial charge in [-0.1, -0.05) is 29.5 Å². The number of nitrogens with two attached hydrogens (primary N) is 1. The summed E-state index contributed by atoms with van der Waals surface area (Å²) in [7, 11) is 0. The quantitative estimate of drug-likeness (QED) is 0.540. The second kappa shape index (κ2) is 7.33. The zero-order valence-electron chi connectivity index (χ0n) is 14.7. The van der Waals surface area contributed by atoms with Gasteiger partial charge in [0.2, 0.25) is 0 Å². The Bertz CT molecular complexity index is 1060. The van der Waals surface area contributed by atoms with Crippen LogP contribution in [0.25, 0.3) is 11.0 Å². The molecule has 0 spiro atoms. The highest BCUT2D eigenvalue weighted by Gasteiger charge is 2.22. The smallest absolute Gasteiger partial charge is 0.339 e. The lowest BCUT2D eigenvalue weighted by Crippen LogP contribution is -2.83. The first kappa shape index (κ1) is 18.0. The molecule has 0 atom stereocenters. The number of quaternary nitrogens is 1. The van der Waals surface area contributed by atoms with E-state index in [0.717, 1.165) is 35.8 Å². The molecule has 6 heteroatoms. The first-order chi connectivity index (χ1) is 13.0. The fraction of sp³-hybridized carbons (Fsp3) is 0.286. The Hall–Kier alpha value is -2.37. The summed E-state index contributed by atoms with van der Waals surface area (Å²) < 4.78 is 18.5. The van der Waals surface area contributed by atoms with Gasteiger partial charge in [-0.3, -0.25) is 0 Å². The van der Waals surface area contributed by atoms with Crippen molar-refractivity contribution >= 4 is 22.6 Å². The fourth-order valence-electron chi connectivity index (χ4n) is 3.78. The largest absolute Gasteiger partial charge is 0.871 e. The molecule has 0 aliphatic heterocycles. The molecule has 1 aliphatic carbocycles. The summed E-state index contributed by atoms with van der Waals surface area (Å²) in [6.07, 6.45) is 3.17. The summed E-state index contributed by atoms with van der Waals surface area (Å²) in [4.78, 5) is 12.3. The van der Waals surface area contributed by atoms with Crippen molar-refractivity contribution in [3.63, 3.8) is 0 Å². The van der Waals surface area contributed by atoms with Crippen molar-refractivity contribution in [1.29, 1.82) is 0 Å². The predicted octanol–water partition coefficient (Wildman–Crippen LogP) is 2.45. The van der Waals surface area contributed by atoms with Crippen molar-refractivity contribution in [3.8, 4) is 5.75 Å².